The van der Waals surface area contributed by atoms with E-state index in [9.17, 15) is 5.11 Å². The summed E-state index contributed by atoms with van der Waals surface area (Å²) < 4.78 is 0. The van der Waals surface area contributed by atoms with Gasteiger partial charge in [0.25, 0.3) is 0 Å². The average molecular weight is 246 g/mol. The molecule has 0 amide bonds. The van der Waals surface area contributed by atoms with E-state index >= 15 is 0 Å². The Labute approximate surface area is 107 Å². The maximum absolute atomic E-state index is 10.1. The fourth-order valence-corrected chi connectivity index (χ4v) is 2.84. The molecule has 0 saturated carbocycles. The van der Waals surface area contributed by atoms with E-state index in [1.165, 1.54) is 16.0 Å². The number of benzene rings is 1. The number of hydrogen-bond donors (Lipinski definition) is 1. The van der Waals surface area contributed by atoms with E-state index in [0.29, 0.717) is 0 Å². The second-order valence-electron chi connectivity index (χ2n) is 4.41. The van der Waals surface area contributed by atoms with Gasteiger partial charge in [-0.25, -0.2) is 0 Å². The molecule has 1 atom stereocenters. The van der Waals surface area contributed by atoms with Gasteiger partial charge in [0, 0.05) is 4.88 Å². The van der Waals surface area contributed by atoms with Crippen LogP contribution in [0.2, 0.25) is 0 Å². The molecule has 90 valence electrons. The van der Waals surface area contributed by atoms with Crippen LogP contribution in [0.3, 0.4) is 0 Å². The van der Waals surface area contributed by atoms with Crippen LogP contribution in [0.4, 0.5) is 0 Å². The van der Waals surface area contributed by atoms with Gasteiger partial charge in [-0.05, 0) is 54.8 Å². The van der Waals surface area contributed by atoms with Gasteiger partial charge in [-0.15, -0.1) is 11.3 Å². The second-order valence-corrected chi connectivity index (χ2v) is 5.53. The number of aliphatic hydroxyl groups is 1. The van der Waals surface area contributed by atoms with Crippen molar-refractivity contribution in [2.45, 2.75) is 32.8 Å². The molecule has 1 unspecified atom stereocenters. The normalized spacial score (nSPS) is 12.6. The summed E-state index contributed by atoms with van der Waals surface area (Å²) in [5.41, 5.74) is 3.73. The van der Waals surface area contributed by atoms with Crippen LogP contribution in [-0.2, 0) is 6.42 Å². The summed E-state index contributed by atoms with van der Waals surface area (Å²) in [7, 11) is 0. The Morgan fingerprint density at radius 2 is 1.94 bits per heavy atom. The van der Waals surface area contributed by atoms with E-state index in [4.69, 9.17) is 0 Å². The van der Waals surface area contributed by atoms with E-state index in [2.05, 4.69) is 38.1 Å². The third-order valence-corrected chi connectivity index (χ3v) is 4.07. The molecule has 1 aromatic carbocycles. The zero-order chi connectivity index (χ0) is 12.3. The van der Waals surface area contributed by atoms with Crippen molar-refractivity contribution in [3.8, 4) is 0 Å². The van der Waals surface area contributed by atoms with Crippen molar-refractivity contribution in [3.63, 3.8) is 0 Å². The van der Waals surface area contributed by atoms with E-state index in [1.54, 1.807) is 11.3 Å². The fraction of sp³-hybridized carbons (Fsp3) is 0.333. The Kier molecular flexibility index (Phi) is 3.97. The van der Waals surface area contributed by atoms with Crippen LogP contribution >= 0.6 is 11.3 Å². The van der Waals surface area contributed by atoms with Gasteiger partial charge >= 0.3 is 0 Å². The monoisotopic (exact) mass is 246 g/mol. The molecule has 1 heterocycles. The Morgan fingerprint density at radius 1 is 1.18 bits per heavy atom. The SMILES string of the molecule is Cc1ccccc1CCC(O)c1ccsc1C. The van der Waals surface area contributed by atoms with Gasteiger partial charge in [-0.1, -0.05) is 24.3 Å². The Bertz CT molecular complexity index is 487. The minimum atomic E-state index is -0.333. The summed E-state index contributed by atoms with van der Waals surface area (Å²) in [4.78, 5) is 1.22. The first-order valence-corrected chi connectivity index (χ1v) is 6.83. The Hall–Kier alpha value is -1.12. The van der Waals surface area contributed by atoms with Gasteiger partial charge in [0.15, 0.2) is 0 Å². The molecule has 1 nitrogen and oxygen atoms in total. The zero-order valence-electron chi connectivity index (χ0n) is 10.3. The number of thiophene rings is 1. The highest BCUT2D eigenvalue weighted by molar-refractivity contribution is 7.10. The second kappa shape index (κ2) is 5.48. The van der Waals surface area contributed by atoms with E-state index in [1.807, 2.05) is 11.4 Å². The van der Waals surface area contributed by atoms with Crippen molar-refractivity contribution in [1.82, 2.24) is 0 Å². The lowest BCUT2D eigenvalue weighted by atomic mass is 9.99. The summed E-state index contributed by atoms with van der Waals surface area (Å²) in [6, 6.07) is 10.4. The van der Waals surface area contributed by atoms with Crippen LogP contribution in [0, 0.1) is 13.8 Å². The number of rotatable bonds is 4. The summed E-state index contributed by atoms with van der Waals surface area (Å²) in [5, 5.41) is 12.2. The molecule has 0 aliphatic carbocycles. The highest BCUT2D eigenvalue weighted by Crippen LogP contribution is 2.26. The highest BCUT2D eigenvalue weighted by Gasteiger charge is 2.11. The molecule has 2 heteroatoms. The van der Waals surface area contributed by atoms with Crippen molar-refractivity contribution in [2.75, 3.05) is 0 Å². The van der Waals surface area contributed by atoms with E-state index in [-0.39, 0.29) is 6.10 Å². The van der Waals surface area contributed by atoms with Crippen LogP contribution in [-0.4, -0.2) is 5.11 Å². The lowest BCUT2D eigenvalue weighted by Gasteiger charge is -2.11. The Balaban J connectivity index is 2.00. The maximum atomic E-state index is 10.1. The molecule has 2 aromatic rings. The van der Waals surface area contributed by atoms with Gasteiger partial charge in [0.05, 0.1) is 6.10 Å². The van der Waals surface area contributed by atoms with E-state index < -0.39 is 0 Å². The number of aliphatic hydroxyl groups excluding tert-OH is 1. The molecule has 0 aliphatic heterocycles. The molecule has 0 aliphatic rings. The Morgan fingerprint density at radius 3 is 2.59 bits per heavy atom. The third kappa shape index (κ3) is 2.96. The molecule has 1 aromatic heterocycles. The van der Waals surface area contributed by atoms with E-state index in [0.717, 1.165) is 18.4 Å². The fourth-order valence-electron chi connectivity index (χ4n) is 2.08. The molecule has 1 N–H and O–H groups in total. The minimum Gasteiger partial charge on any atom is -0.388 e. The van der Waals surface area contributed by atoms with Crippen molar-refractivity contribution in [2.24, 2.45) is 0 Å². The van der Waals surface area contributed by atoms with Gasteiger partial charge in [-0.3, -0.25) is 0 Å². The third-order valence-electron chi connectivity index (χ3n) is 3.21. The molecule has 0 fully saturated rings. The van der Waals surface area contributed by atoms with Crippen LogP contribution in [0.5, 0.6) is 0 Å². The van der Waals surface area contributed by atoms with Gasteiger partial charge < -0.3 is 5.11 Å². The van der Waals surface area contributed by atoms with Gasteiger partial charge in [0.2, 0.25) is 0 Å². The predicted octanol–water partition coefficient (Wildman–Crippen LogP) is 4.03. The van der Waals surface area contributed by atoms with Crippen molar-refractivity contribution >= 4 is 11.3 Å². The van der Waals surface area contributed by atoms with Crippen LogP contribution in [0.1, 0.15) is 34.1 Å². The zero-order valence-corrected chi connectivity index (χ0v) is 11.1. The lowest BCUT2D eigenvalue weighted by Crippen LogP contribution is -2.00. The smallest absolute Gasteiger partial charge is 0.0803 e. The molecular formula is C15H18OS. The standard InChI is InChI=1S/C15H18OS/c1-11-5-3-4-6-13(11)7-8-15(16)14-9-10-17-12(14)2/h3-6,9-10,15-16H,7-8H2,1-2H3. The summed E-state index contributed by atoms with van der Waals surface area (Å²) in [6.45, 7) is 4.19. The molecule has 2 rings (SSSR count). The van der Waals surface area contributed by atoms with Crippen molar-refractivity contribution in [1.29, 1.82) is 0 Å². The summed E-state index contributed by atoms with van der Waals surface area (Å²) in [5.74, 6) is 0. The topological polar surface area (TPSA) is 20.2 Å². The van der Waals surface area contributed by atoms with Gasteiger partial charge in [-0.2, -0.15) is 0 Å². The van der Waals surface area contributed by atoms with Crippen molar-refractivity contribution < 1.29 is 5.11 Å². The minimum absolute atomic E-state index is 0.333. The predicted molar refractivity (Wildman–Crippen MR) is 73.5 cm³/mol. The lowest BCUT2D eigenvalue weighted by molar-refractivity contribution is 0.167. The summed E-state index contributed by atoms with van der Waals surface area (Å²) >= 11 is 1.70. The largest absolute Gasteiger partial charge is 0.388 e. The quantitative estimate of drug-likeness (QED) is 0.863. The first kappa shape index (κ1) is 12.3. The average Bonchev–Trinajstić information content (AvgIpc) is 2.74. The molecule has 0 saturated heterocycles. The van der Waals surface area contributed by atoms with Crippen molar-refractivity contribution in [3.05, 3.63) is 57.3 Å². The van der Waals surface area contributed by atoms with Crippen LogP contribution < -0.4 is 0 Å². The molecule has 17 heavy (non-hydrogen) atoms. The molecule has 0 radical (unpaired) electrons. The molecule has 0 spiro atoms. The molecular weight excluding hydrogens is 228 g/mol. The first-order valence-electron chi connectivity index (χ1n) is 5.95. The van der Waals surface area contributed by atoms with Crippen LogP contribution in [0.25, 0.3) is 0 Å². The van der Waals surface area contributed by atoms with Crippen LogP contribution in [0.15, 0.2) is 35.7 Å². The highest BCUT2D eigenvalue weighted by atomic mass is 32.1. The first-order chi connectivity index (χ1) is 8.18. The van der Waals surface area contributed by atoms with Gasteiger partial charge in [0.1, 0.15) is 0 Å². The molecule has 0 bridgehead atoms. The number of aryl methyl sites for hydroxylation is 3. The summed E-state index contributed by atoms with van der Waals surface area (Å²) in [6.07, 6.45) is 1.40. The maximum Gasteiger partial charge on any atom is 0.0803 e. The number of hydrogen-bond acceptors (Lipinski definition) is 2.